The van der Waals surface area contributed by atoms with Gasteiger partial charge in [-0.05, 0) is 33.4 Å². The van der Waals surface area contributed by atoms with E-state index in [1.165, 1.54) is 6.08 Å². The third kappa shape index (κ3) is 2.27. The number of Topliss-reactive ketones (excluding diaryl/α,β-unsaturated/α-hetero) is 1. The fourth-order valence-electron chi connectivity index (χ4n) is 2.37. The molecular weight excluding hydrogens is 268 g/mol. The Morgan fingerprint density at radius 2 is 1.76 bits per heavy atom. The fraction of sp³-hybridized carbons (Fsp3) is 0. The van der Waals surface area contributed by atoms with Crippen molar-refractivity contribution >= 4 is 40.5 Å². The number of hydrogen-bond donors (Lipinski definition) is 1. The first-order valence-electron chi connectivity index (χ1n) is 6.31. The minimum atomic E-state index is -1.58. The van der Waals surface area contributed by atoms with E-state index in [0.29, 0.717) is 0 Å². The summed E-state index contributed by atoms with van der Waals surface area (Å²) in [6, 6.07) is 11.4. The molecule has 21 heavy (non-hydrogen) atoms. The first-order chi connectivity index (χ1) is 10.1. The van der Waals surface area contributed by atoms with Gasteiger partial charge in [-0.2, -0.15) is 0 Å². The molecule has 0 unspecified atom stereocenters. The lowest BCUT2D eigenvalue weighted by molar-refractivity contribution is -0.146. The molecule has 1 aliphatic rings. The van der Waals surface area contributed by atoms with Crippen molar-refractivity contribution in [3.05, 3.63) is 58.5 Å². The number of carboxylic acids is 1. The van der Waals surface area contributed by atoms with Crippen LogP contribution >= 0.6 is 0 Å². The summed E-state index contributed by atoms with van der Waals surface area (Å²) < 4.78 is 0. The molecule has 0 fully saturated rings. The number of carboxylic acid groups (broad SMARTS) is 1. The standard InChI is InChI=1S/C17H10O4/c18-15-9-14-11(7-12(15)8-16(19)17(20)21)6-5-10-3-1-2-4-13(10)14/h1-9H,(H,20,21). The number of rotatable bonds is 2. The number of ketones is 2. The Bertz CT molecular complexity index is 948. The van der Waals surface area contributed by atoms with E-state index in [4.69, 9.17) is 5.11 Å². The van der Waals surface area contributed by atoms with Gasteiger partial charge < -0.3 is 5.11 Å². The van der Waals surface area contributed by atoms with Crippen LogP contribution in [0.5, 0.6) is 0 Å². The van der Waals surface area contributed by atoms with Gasteiger partial charge in [0.25, 0.3) is 5.78 Å². The van der Waals surface area contributed by atoms with Gasteiger partial charge in [0.05, 0.1) is 0 Å². The van der Waals surface area contributed by atoms with Gasteiger partial charge in [0, 0.05) is 11.6 Å². The largest absolute Gasteiger partial charge is 0.475 e. The van der Waals surface area contributed by atoms with Crippen LogP contribution in [0.2, 0.25) is 0 Å². The van der Waals surface area contributed by atoms with Crippen LogP contribution in [0.4, 0.5) is 0 Å². The highest BCUT2D eigenvalue weighted by molar-refractivity contribution is 6.40. The van der Waals surface area contributed by atoms with Gasteiger partial charge in [-0.25, -0.2) is 4.79 Å². The highest BCUT2D eigenvalue weighted by Crippen LogP contribution is 2.10. The highest BCUT2D eigenvalue weighted by atomic mass is 16.4. The molecule has 0 heterocycles. The molecule has 2 aromatic carbocycles. The molecule has 4 heteroatoms. The maximum Gasteiger partial charge on any atom is 0.376 e. The van der Waals surface area contributed by atoms with Crippen molar-refractivity contribution in [2.75, 3.05) is 0 Å². The summed E-state index contributed by atoms with van der Waals surface area (Å²) in [4.78, 5) is 33.8. The van der Waals surface area contributed by atoms with Crippen LogP contribution in [0.3, 0.4) is 0 Å². The van der Waals surface area contributed by atoms with Gasteiger partial charge >= 0.3 is 5.97 Å². The second-order valence-electron chi connectivity index (χ2n) is 4.71. The smallest absolute Gasteiger partial charge is 0.376 e. The number of carbonyl (C=O) groups excluding carboxylic acids is 2. The molecule has 0 radical (unpaired) electrons. The van der Waals surface area contributed by atoms with Crippen molar-refractivity contribution in [2.45, 2.75) is 0 Å². The lowest BCUT2D eigenvalue weighted by atomic mass is 9.97. The summed E-state index contributed by atoms with van der Waals surface area (Å²) in [7, 11) is 0. The van der Waals surface area contributed by atoms with Crippen LogP contribution in [-0.2, 0) is 14.4 Å². The van der Waals surface area contributed by atoms with Crippen LogP contribution in [-0.4, -0.2) is 22.6 Å². The average Bonchev–Trinajstić information content (AvgIpc) is 2.48. The number of allylic oxidation sites excluding steroid dienone is 1. The van der Waals surface area contributed by atoms with Crippen molar-refractivity contribution < 1.29 is 19.5 Å². The van der Waals surface area contributed by atoms with Crippen LogP contribution in [0.15, 0.2) is 48.0 Å². The Hall–Kier alpha value is -3.01. The number of carbonyl (C=O) groups is 3. The monoisotopic (exact) mass is 278 g/mol. The van der Waals surface area contributed by atoms with E-state index in [2.05, 4.69) is 0 Å². The average molecular weight is 278 g/mol. The third-order valence-corrected chi connectivity index (χ3v) is 3.37. The second kappa shape index (κ2) is 4.83. The highest BCUT2D eigenvalue weighted by Gasteiger charge is 2.15. The van der Waals surface area contributed by atoms with E-state index < -0.39 is 11.8 Å². The lowest BCUT2D eigenvalue weighted by Gasteiger charge is -2.06. The third-order valence-electron chi connectivity index (χ3n) is 3.37. The zero-order valence-electron chi connectivity index (χ0n) is 10.9. The Labute approximate surface area is 119 Å². The minimum Gasteiger partial charge on any atom is -0.475 e. The summed E-state index contributed by atoms with van der Waals surface area (Å²) in [6.07, 6.45) is 3.85. The predicted octanol–water partition coefficient (Wildman–Crippen LogP) is 0.564. The molecular formula is C17H10O4. The topological polar surface area (TPSA) is 71.4 Å². The molecule has 0 bridgehead atoms. The maximum absolute atomic E-state index is 12.1. The van der Waals surface area contributed by atoms with Crippen molar-refractivity contribution in [3.63, 3.8) is 0 Å². The lowest BCUT2D eigenvalue weighted by Crippen LogP contribution is -2.31. The first kappa shape index (κ1) is 13.0. The van der Waals surface area contributed by atoms with E-state index in [9.17, 15) is 14.4 Å². The molecule has 1 N–H and O–H groups in total. The van der Waals surface area contributed by atoms with E-state index >= 15 is 0 Å². The number of aliphatic carboxylic acids is 1. The molecule has 0 amide bonds. The second-order valence-corrected chi connectivity index (χ2v) is 4.71. The van der Waals surface area contributed by atoms with Crippen LogP contribution in [0.1, 0.15) is 0 Å². The van der Waals surface area contributed by atoms with E-state index in [1.54, 1.807) is 6.08 Å². The Morgan fingerprint density at radius 1 is 1.00 bits per heavy atom. The van der Waals surface area contributed by atoms with Gasteiger partial charge in [0.2, 0.25) is 0 Å². The van der Waals surface area contributed by atoms with Crippen molar-refractivity contribution in [2.24, 2.45) is 0 Å². The molecule has 0 aromatic heterocycles. The molecule has 102 valence electrons. The summed E-state index contributed by atoms with van der Waals surface area (Å²) in [5.41, 5.74) is 0.0881. The molecule has 1 aliphatic carbocycles. The summed E-state index contributed by atoms with van der Waals surface area (Å²) in [6.45, 7) is 0. The van der Waals surface area contributed by atoms with E-state index in [1.807, 2.05) is 36.4 Å². The molecule has 0 saturated heterocycles. The van der Waals surface area contributed by atoms with Crippen LogP contribution in [0, 0.1) is 0 Å². The van der Waals surface area contributed by atoms with Crippen LogP contribution in [0.25, 0.3) is 22.9 Å². The minimum absolute atomic E-state index is 0.0881. The molecule has 0 aliphatic heterocycles. The maximum atomic E-state index is 12.1. The van der Waals surface area contributed by atoms with Gasteiger partial charge in [-0.3, -0.25) is 9.59 Å². The van der Waals surface area contributed by atoms with Gasteiger partial charge in [-0.15, -0.1) is 0 Å². The van der Waals surface area contributed by atoms with E-state index in [-0.39, 0.29) is 11.4 Å². The summed E-state index contributed by atoms with van der Waals surface area (Å²) in [5, 5.41) is 12.1. The molecule has 0 saturated carbocycles. The van der Waals surface area contributed by atoms with E-state index in [0.717, 1.165) is 27.3 Å². The first-order valence-corrected chi connectivity index (χ1v) is 6.31. The van der Waals surface area contributed by atoms with Gasteiger partial charge in [0.1, 0.15) is 0 Å². The number of fused-ring (bicyclic) bond motifs is 3. The van der Waals surface area contributed by atoms with Crippen LogP contribution < -0.4 is 10.4 Å². The molecule has 2 aromatic rings. The van der Waals surface area contributed by atoms with Gasteiger partial charge in [-0.1, -0.05) is 36.4 Å². The molecule has 3 rings (SSSR count). The van der Waals surface area contributed by atoms with Gasteiger partial charge in [0.15, 0.2) is 5.78 Å². The summed E-state index contributed by atoms with van der Waals surface area (Å²) >= 11 is 0. The predicted molar refractivity (Wildman–Crippen MR) is 77.9 cm³/mol. The SMILES string of the molecule is O=C(O)C(=O)C=C1C=c2ccc3ccccc3c2=CC1=O. The number of benzene rings is 2. The van der Waals surface area contributed by atoms with Crippen molar-refractivity contribution in [1.29, 1.82) is 0 Å². The number of hydrogen-bond acceptors (Lipinski definition) is 3. The zero-order valence-corrected chi connectivity index (χ0v) is 10.9. The zero-order chi connectivity index (χ0) is 15.0. The molecule has 0 spiro atoms. The molecule has 0 atom stereocenters. The Morgan fingerprint density at radius 3 is 2.52 bits per heavy atom. The Balaban J connectivity index is 2.27. The quantitative estimate of drug-likeness (QED) is 0.644. The van der Waals surface area contributed by atoms with Crippen molar-refractivity contribution in [3.8, 4) is 0 Å². The molecule has 4 nitrogen and oxygen atoms in total. The summed E-state index contributed by atoms with van der Waals surface area (Å²) in [5.74, 6) is -3.05. The van der Waals surface area contributed by atoms with Crippen molar-refractivity contribution in [1.82, 2.24) is 0 Å². The normalized spacial score (nSPS) is 15.2. The Kier molecular flexibility index (Phi) is 2.99. The fourth-order valence-corrected chi connectivity index (χ4v) is 2.37.